The van der Waals surface area contributed by atoms with Crippen molar-refractivity contribution in [2.24, 2.45) is 0 Å². The Labute approximate surface area is 164 Å². The number of methoxy groups -OCH3 is 1. The van der Waals surface area contributed by atoms with E-state index in [2.05, 4.69) is 5.32 Å². The molecule has 2 aromatic carbocycles. The molecule has 0 saturated heterocycles. The lowest BCUT2D eigenvalue weighted by atomic mass is 9.89. The van der Waals surface area contributed by atoms with Crippen molar-refractivity contribution in [3.8, 4) is 17.2 Å². The Morgan fingerprint density at radius 2 is 1.93 bits per heavy atom. The van der Waals surface area contributed by atoms with E-state index in [-0.39, 0.29) is 17.8 Å². The summed E-state index contributed by atoms with van der Waals surface area (Å²) in [5.41, 5.74) is 0.474. The van der Waals surface area contributed by atoms with Crippen LogP contribution in [0.1, 0.15) is 45.2 Å². The lowest BCUT2D eigenvalue weighted by molar-refractivity contribution is -0.129. The molecule has 0 aromatic heterocycles. The van der Waals surface area contributed by atoms with E-state index in [1.807, 2.05) is 39.0 Å². The number of amides is 1. The smallest absolute Gasteiger partial charge is 0.261 e. The van der Waals surface area contributed by atoms with Crippen molar-refractivity contribution >= 4 is 5.91 Å². The summed E-state index contributed by atoms with van der Waals surface area (Å²) < 4.78 is 30.2. The summed E-state index contributed by atoms with van der Waals surface area (Å²) >= 11 is 0. The third-order valence-electron chi connectivity index (χ3n) is 4.75. The minimum atomic E-state index is -0.668. The molecule has 0 saturated carbocycles. The standard InChI is InChI=1S/C22H26FNO4/c1-5-19(27-15-8-6-14(23)7-9-15)21(25)24-18-13-22(2,3)28-20-12-16(26-4)10-11-17(18)20/h6-12,18-19H,5,13H2,1-4H3,(H,24,25)/t18-,19-/m1/s1. The van der Waals surface area contributed by atoms with Crippen molar-refractivity contribution in [1.29, 1.82) is 0 Å². The van der Waals surface area contributed by atoms with E-state index in [1.54, 1.807) is 7.11 Å². The zero-order valence-corrected chi connectivity index (χ0v) is 16.6. The summed E-state index contributed by atoms with van der Waals surface area (Å²) in [4.78, 5) is 12.9. The highest BCUT2D eigenvalue weighted by Gasteiger charge is 2.36. The number of carbonyl (C=O) groups excluding carboxylic acids is 1. The third-order valence-corrected chi connectivity index (χ3v) is 4.75. The first-order chi connectivity index (χ1) is 13.3. The van der Waals surface area contributed by atoms with Crippen LogP contribution < -0.4 is 19.5 Å². The monoisotopic (exact) mass is 387 g/mol. The van der Waals surface area contributed by atoms with Gasteiger partial charge in [-0.05, 0) is 56.7 Å². The third kappa shape index (κ3) is 4.55. The van der Waals surface area contributed by atoms with Crippen LogP contribution in [0.15, 0.2) is 42.5 Å². The molecule has 1 aliphatic heterocycles. The van der Waals surface area contributed by atoms with E-state index in [9.17, 15) is 9.18 Å². The van der Waals surface area contributed by atoms with Gasteiger partial charge in [0.1, 0.15) is 28.7 Å². The van der Waals surface area contributed by atoms with Crippen LogP contribution in [0.25, 0.3) is 0 Å². The van der Waals surface area contributed by atoms with Crippen molar-refractivity contribution < 1.29 is 23.4 Å². The van der Waals surface area contributed by atoms with Gasteiger partial charge in [-0.3, -0.25) is 4.79 Å². The molecule has 0 radical (unpaired) electrons. The predicted molar refractivity (Wildman–Crippen MR) is 104 cm³/mol. The average Bonchev–Trinajstić information content (AvgIpc) is 2.66. The van der Waals surface area contributed by atoms with Crippen molar-refractivity contribution in [2.75, 3.05) is 7.11 Å². The van der Waals surface area contributed by atoms with E-state index in [4.69, 9.17) is 14.2 Å². The van der Waals surface area contributed by atoms with Crippen LogP contribution in [0, 0.1) is 5.82 Å². The maximum Gasteiger partial charge on any atom is 0.261 e. The normalized spacial score (nSPS) is 18.4. The van der Waals surface area contributed by atoms with Gasteiger partial charge >= 0.3 is 0 Å². The summed E-state index contributed by atoms with van der Waals surface area (Å²) in [7, 11) is 1.60. The zero-order valence-electron chi connectivity index (χ0n) is 16.6. The van der Waals surface area contributed by atoms with Crippen molar-refractivity contribution in [3.05, 3.63) is 53.8 Å². The Hall–Kier alpha value is -2.76. The highest BCUT2D eigenvalue weighted by Crippen LogP contribution is 2.41. The Morgan fingerprint density at radius 3 is 2.57 bits per heavy atom. The fourth-order valence-electron chi connectivity index (χ4n) is 3.35. The number of hydrogen-bond donors (Lipinski definition) is 1. The first kappa shape index (κ1) is 20.0. The van der Waals surface area contributed by atoms with Gasteiger partial charge in [0, 0.05) is 18.1 Å². The SMILES string of the molecule is CC[C@@H](Oc1ccc(F)cc1)C(=O)N[C@@H]1CC(C)(C)Oc2cc(OC)ccc21. The minimum Gasteiger partial charge on any atom is -0.497 e. The molecule has 0 spiro atoms. The highest BCUT2D eigenvalue weighted by atomic mass is 19.1. The molecule has 3 rings (SSSR count). The Balaban J connectivity index is 1.77. The molecule has 6 heteroatoms. The topological polar surface area (TPSA) is 56.8 Å². The largest absolute Gasteiger partial charge is 0.497 e. The van der Waals surface area contributed by atoms with Crippen molar-refractivity contribution in [2.45, 2.75) is 51.4 Å². The van der Waals surface area contributed by atoms with E-state index in [0.717, 1.165) is 5.56 Å². The fourth-order valence-corrected chi connectivity index (χ4v) is 3.35. The molecule has 1 aliphatic rings. The Bertz CT molecular complexity index is 835. The maximum absolute atomic E-state index is 13.1. The van der Waals surface area contributed by atoms with E-state index < -0.39 is 11.7 Å². The van der Waals surface area contributed by atoms with Gasteiger partial charge < -0.3 is 19.5 Å². The van der Waals surface area contributed by atoms with Gasteiger partial charge in [0.25, 0.3) is 5.91 Å². The zero-order chi connectivity index (χ0) is 20.3. The number of ether oxygens (including phenoxy) is 3. The molecule has 0 bridgehead atoms. The first-order valence-corrected chi connectivity index (χ1v) is 9.41. The second-order valence-corrected chi connectivity index (χ2v) is 7.50. The summed E-state index contributed by atoms with van der Waals surface area (Å²) in [6.45, 7) is 5.85. The molecule has 0 fully saturated rings. The van der Waals surface area contributed by atoms with Gasteiger partial charge in [-0.2, -0.15) is 0 Å². The molecule has 1 amide bonds. The van der Waals surface area contributed by atoms with Gasteiger partial charge in [0.15, 0.2) is 6.10 Å². The molecule has 0 aliphatic carbocycles. The van der Waals surface area contributed by atoms with Gasteiger partial charge in [0.05, 0.1) is 13.2 Å². The second kappa shape index (κ2) is 8.09. The van der Waals surface area contributed by atoms with Crippen molar-refractivity contribution in [1.82, 2.24) is 5.32 Å². The van der Waals surface area contributed by atoms with E-state index in [0.29, 0.717) is 30.1 Å². The predicted octanol–water partition coefficient (Wildman–Crippen LogP) is 4.41. The molecule has 2 aromatic rings. The maximum atomic E-state index is 13.1. The molecule has 1 N–H and O–H groups in total. The van der Waals surface area contributed by atoms with Crippen LogP contribution in [0.5, 0.6) is 17.2 Å². The first-order valence-electron chi connectivity index (χ1n) is 9.41. The number of rotatable bonds is 6. The Kier molecular flexibility index (Phi) is 5.77. The quantitative estimate of drug-likeness (QED) is 0.798. The number of nitrogens with one attached hydrogen (secondary N) is 1. The Morgan fingerprint density at radius 1 is 1.25 bits per heavy atom. The van der Waals surface area contributed by atoms with Gasteiger partial charge in [0.2, 0.25) is 0 Å². The van der Waals surface area contributed by atoms with Gasteiger partial charge in [-0.1, -0.05) is 6.92 Å². The van der Waals surface area contributed by atoms with Crippen LogP contribution in [0.2, 0.25) is 0 Å². The number of halogens is 1. The van der Waals surface area contributed by atoms with Crippen LogP contribution >= 0.6 is 0 Å². The molecule has 1 heterocycles. The number of fused-ring (bicyclic) bond motifs is 1. The number of benzene rings is 2. The number of hydrogen-bond acceptors (Lipinski definition) is 4. The molecule has 150 valence electrons. The summed E-state index contributed by atoms with van der Waals surface area (Å²) in [6, 6.07) is 11.1. The van der Waals surface area contributed by atoms with Crippen molar-refractivity contribution in [3.63, 3.8) is 0 Å². The molecule has 2 atom stereocenters. The summed E-state index contributed by atoms with van der Waals surface area (Å²) in [5.74, 6) is 1.31. The lowest BCUT2D eigenvalue weighted by Gasteiger charge is -2.38. The molecular weight excluding hydrogens is 361 g/mol. The summed E-state index contributed by atoms with van der Waals surface area (Å²) in [6.07, 6.45) is 0.453. The molecule has 28 heavy (non-hydrogen) atoms. The van der Waals surface area contributed by atoms with E-state index in [1.165, 1.54) is 24.3 Å². The average molecular weight is 387 g/mol. The van der Waals surface area contributed by atoms with Gasteiger partial charge in [-0.25, -0.2) is 4.39 Å². The summed E-state index contributed by atoms with van der Waals surface area (Å²) in [5, 5.41) is 3.09. The van der Waals surface area contributed by atoms with Gasteiger partial charge in [-0.15, -0.1) is 0 Å². The number of carbonyl (C=O) groups is 1. The molecule has 5 nitrogen and oxygen atoms in total. The minimum absolute atomic E-state index is 0.206. The van der Waals surface area contributed by atoms with Crippen LogP contribution in [0.4, 0.5) is 4.39 Å². The van der Waals surface area contributed by atoms with Crippen LogP contribution in [-0.4, -0.2) is 24.7 Å². The molecule has 0 unspecified atom stereocenters. The fraction of sp³-hybridized carbons (Fsp3) is 0.409. The van der Waals surface area contributed by atoms with Crippen LogP contribution in [0.3, 0.4) is 0 Å². The lowest BCUT2D eigenvalue weighted by Crippen LogP contribution is -2.45. The molecular formula is C22H26FNO4. The second-order valence-electron chi connectivity index (χ2n) is 7.50. The highest BCUT2D eigenvalue weighted by molar-refractivity contribution is 5.81. The van der Waals surface area contributed by atoms with Crippen LogP contribution in [-0.2, 0) is 4.79 Å². The van der Waals surface area contributed by atoms with E-state index >= 15 is 0 Å².